The number of pyridine rings is 1. The number of carbonyl (C=O) groups excluding carboxylic acids is 1. The summed E-state index contributed by atoms with van der Waals surface area (Å²) in [4.78, 5) is 25.3. The van der Waals surface area contributed by atoms with E-state index in [1.54, 1.807) is 12.1 Å². The maximum atomic E-state index is 12.3. The molecule has 0 aliphatic carbocycles. The van der Waals surface area contributed by atoms with Crippen molar-refractivity contribution in [1.29, 1.82) is 0 Å². The summed E-state index contributed by atoms with van der Waals surface area (Å²) in [5.41, 5.74) is 11.4. The molecule has 0 bridgehead atoms. The van der Waals surface area contributed by atoms with Crippen LogP contribution in [0.2, 0.25) is 0 Å². The maximum Gasteiger partial charge on any atom is 0.530 e. The van der Waals surface area contributed by atoms with E-state index in [1.165, 1.54) is 38.3 Å². The van der Waals surface area contributed by atoms with Crippen LogP contribution < -0.4 is 21.3 Å². The Morgan fingerprint density at radius 1 is 1.28 bits per heavy atom. The number of azo groups is 1. The Kier molecular flexibility index (Phi) is 8.67. The van der Waals surface area contributed by atoms with Crippen LogP contribution >= 0.6 is 7.82 Å². The number of rotatable bonds is 11. The van der Waals surface area contributed by atoms with E-state index in [4.69, 9.17) is 30.0 Å². The minimum absolute atomic E-state index is 0.0116. The van der Waals surface area contributed by atoms with Crippen molar-refractivity contribution in [2.24, 2.45) is 16.0 Å². The summed E-state index contributed by atoms with van der Waals surface area (Å²) in [6.07, 6.45) is -1.18. The standard InChI is InChI=1S/C18H23N6O7P/c1-11(28-3)29-12(2)30-32(26,27)31-15-7-5-4-6-13(15)23-24-14-8-9-16(22-18(14)20)21-17(25)10-19/h4-9,12H,1,10,19H2,2-3H3,(H,26,27)(H3,20,21,22,25)/b24-23+. The SMILES string of the molecule is C=C(OC)OC(C)OP(=O)(O)Oc1ccccc1/N=N/c1ccc(NC(=O)CN)nc1N. The van der Waals surface area contributed by atoms with Crippen LogP contribution in [0.1, 0.15) is 6.92 Å². The summed E-state index contributed by atoms with van der Waals surface area (Å²) in [5.74, 6) is -0.432. The molecule has 1 aromatic heterocycles. The van der Waals surface area contributed by atoms with E-state index >= 15 is 0 Å². The fraction of sp³-hybridized carbons (Fsp3) is 0.222. The van der Waals surface area contributed by atoms with Gasteiger partial charge in [-0.1, -0.05) is 12.1 Å². The Balaban J connectivity index is 2.15. The number of carbonyl (C=O) groups is 1. The lowest BCUT2D eigenvalue weighted by molar-refractivity contribution is -0.115. The molecule has 1 amide bonds. The third kappa shape index (κ3) is 7.63. The van der Waals surface area contributed by atoms with Gasteiger partial charge in [0, 0.05) is 0 Å². The summed E-state index contributed by atoms with van der Waals surface area (Å²) in [6, 6.07) is 9.00. The smallest absolute Gasteiger partial charge is 0.469 e. The summed E-state index contributed by atoms with van der Waals surface area (Å²) < 4.78 is 32.0. The van der Waals surface area contributed by atoms with Crippen molar-refractivity contribution in [2.45, 2.75) is 13.2 Å². The van der Waals surface area contributed by atoms with E-state index in [9.17, 15) is 14.3 Å². The molecule has 2 unspecified atom stereocenters. The molecule has 6 N–H and O–H groups in total. The van der Waals surface area contributed by atoms with Crippen molar-refractivity contribution in [3.63, 3.8) is 0 Å². The third-order valence-corrected chi connectivity index (χ3v) is 4.50. The molecule has 0 saturated heterocycles. The topological polar surface area (TPSA) is 193 Å². The van der Waals surface area contributed by atoms with Gasteiger partial charge < -0.3 is 30.8 Å². The Bertz CT molecular complexity index is 1050. The van der Waals surface area contributed by atoms with Gasteiger partial charge in [-0.3, -0.25) is 9.69 Å². The molecule has 13 nitrogen and oxygen atoms in total. The van der Waals surface area contributed by atoms with Gasteiger partial charge in [-0.15, -0.1) is 10.2 Å². The van der Waals surface area contributed by atoms with Crippen molar-refractivity contribution in [3.05, 3.63) is 48.9 Å². The van der Waals surface area contributed by atoms with Crippen LogP contribution in [-0.2, 0) is 23.4 Å². The van der Waals surface area contributed by atoms with Crippen LogP contribution in [0.15, 0.2) is 59.2 Å². The third-order valence-electron chi connectivity index (χ3n) is 3.51. The zero-order chi connectivity index (χ0) is 23.7. The average Bonchev–Trinajstić information content (AvgIpc) is 2.73. The lowest BCUT2D eigenvalue weighted by atomic mass is 10.3. The molecule has 32 heavy (non-hydrogen) atoms. The first-order chi connectivity index (χ1) is 15.1. The predicted molar refractivity (Wildman–Crippen MR) is 115 cm³/mol. The Labute approximate surface area is 183 Å². The van der Waals surface area contributed by atoms with E-state index in [2.05, 4.69) is 27.1 Å². The fourth-order valence-corrected chi connectivity index (χ4v) is 2.99. The highest BCUT2D eigenvalue weighted by Crippen LogP contribution is 2.48. The molecule has 2 aromatic rings. The lowest BCUT2D eigenvalue weighted by Crippen LogP contribution is -2.22. The summed E-state index contributed by atoms with van der Waals surface area (Å²) in [6.45, 7) is 4.57. The fourth-order valence-electron chi connectivity index (χ4n) is 2.13. The first kappa shape index (κ1) is 24.8. The minimum Gasteiger partial charge on any atom is -0.469 e. The number of methoxy groups -OCH3 is 1. The minimum atomic E-state index is -4.60. The second-order valence-corrected chi connectivity index (χ2v) is 7.28. The second-order valence-electron chi connectivity index (χ2n) is 5.95. The van der Waals surface area contributed by atoms with Gasteiger partial charge in [0.1, 0.15) is 17.2 Å². The van der Waals surface area contributed by atoms with Crippen LogP contribution in [0.25, 0.3) is 0 Å². The highest BCUT2D eigenvalue weighted by molar-refractivity contribution is 7.47. The number of nitrogens with two attached hydrogens (primary N) is 2. The number of nitrogens with one attached hydrogen (secondary N) is 1. The maximum absolute atomic E-state index is 12.3. The first-order valence-electron chi connectivity index (χ1n) is 9.01. The number of nitrogen functional groups attached to an aromatic ring is 1. The molecule has 0 aliphatic rings. The number of benzene rings is 1. The molecule has 14 heteroatoms. The number of hydrogen-bond donors (Lipinski definition) is 4. The molecular formula is C18H23N6O7P. The van der Waals surface area contributed by atoms with E-state index < -0.39 is 20.0 Å². The molecule has 0 saturated carbocycles. The van der Waals surface area contributed by atoms with Gasteiger partial charge in [0.15, 0.2) is 11.6 Å². The van der Waals surface area contributed by atoms with E-state index in [-0.39, 0.29) is 41.2 Å². The monoisotopic (exact) mass is 466 g/mol. The van der Waals surface area contributed by atoms with Crippen LogP contribution in [0.3, 0.4) is 0 Å². The highest BCUT2D eigenvalue weighted by Gasteiger charge is 2.28. The zero-order valence-corrected chi connectivity index (χ0v) is 18.2. The summed E-state index contributed by atoms with van der Waals surface area (Å²) >= 11 is 0. The van der Waals surface area contributed by atoms with E-state index in [1.807, 2.05) is 0 Å². The number of para-hydroxylation sites is 1. The number of anilines is 2. The molecule has 1 aromatic carbocycles. The second kappa shape index (κ2) is 11.2. The molecular weight excluding hydrogens is 443 g/mol. The van der Waals surface area contributed by atoms with Gasteiger partial charge in [-0.2, -0.15) is 0 Å². The molecule has 2 atom stereocenters. The molecule has 172 valence electrons. The Morgan fingerprint density at radius 2 is 1.97 bits per heavy atom. The van der Waals surface area contributed by atoms with Crippen LogP contribution in [0.4, 0.5) is 23.0 Å². The van der Waals surface area contributed by atoms with Gasteiger partial charge in [0.2, 0.25) is 12.2 Å². The lowest BCUT2D eigenvalue weighted by Gasteiger charge is -2.19. The van der Waals surface area contributed by atoms with Gasteiger partial charge in [-0.25, -0.2) is 14.1 Å². The number of ether oxygens (including phenoxy) is 2. The van der Waals surface area contributed by atoms with Crippen molar-refractivity contribution in [2.75, 3.05) is 24.7 Å². The van der Waals surface area contributed by atoms with E-state index in [0.717, 1.165) is 0 Å². The molecule has 1 heterocycles. The van der Waals surface area contributed by atoms with Gasteiger partial charge in [0.25, 0.3) is 5.95 Å². The summed E-state index contributed by atoms with van der Waals surface area (Å²) in [5, 5.41) is 10.4. The van der Waals surface area contributed by atoms with Crippen LogP contribution in [0.5, 0.6) is 5.75 Å². The van der Waals surface area contributed by atoms with Crippen LogP contribution in [0, 0.1) is 0 Å². The van der Waals surface area contributed by atoms with Crippen molar-refractivity contribution in [1.82, 2.24) is 4.98 Å². The van der Waals surface area contributed by atoms with Crippen molar-refractivity contribution in [3.8, 4) is 5.75 Å². The average molecular weight is 466 g/mol. The van der Waals surface area contributed by atoms with Crippen molar-refractivity contribution < 1.29 is 32.8 Å². The van der Waals surface area contributed by atoms with Crippen LogP contribution in [-0.4, -0.2) is 35.7 Å². The molecule has 2 rings (SSSR count). The molecule has 0 aliphatic heterocycles. The number of hydrogen-bond acceptors (Lipinski definition) is 11. The zero-order valence-electron chi connectivity index (χ0n) is 17.3. The Hall–Kier alpha value is -3.51. The number of nitrogens with zero attached hydrogens (tertiary/aromatic N) is 3. The molecule has 0 spiro atoms. The number of aromatic nitrogens is 1. The molecule has 0 radical (unpaired) electrons. The van der Waals surface area contributed by atoms with Gasteiger partial charge in [-0.05, 0) is 37.8 Å². The van der Waals surface area contributed by atoms with Gasteiger partial charge >= 0.3 is 7.82 Å². The number of phosphoric ester groups is 1. The summed E-state index contributed by atoms with van der Waals surface area (Å²) in [7, 11) is -3.29. The largest absolute Gasteiger partial charge is 0.530 e. The Morgan fingerprint density at radius 3 is 2.62 bits per heavy atom. The number of phosphoric acid groups is 1. The quantitative estimate of drug-likeness (QED) is 0.165. The first-order valence-corrected chi connectivity index (χ1v) is 10.5. The highest BCUT2D eigenvalue weighted by atomic mass is 31.2. The van der Waals surface area contributed by atoms with E-state index in [0.29, 0.717) is 0 Å². The van der Waals surface area contributed by atoms with Crippen molar-refractivity contribution >= 4 is 36.7 Å². The van der Waals surface area contributed by atoms with Gasteiger partial charge in [0.05, 0.1) is 13.7 Å². The number of amides is 1. The normalized spacial score (nSPS) is 13.8. The predicted octanol–water partition coefficient (Wildman–Crippen LogP) is 2.95. The molecule has 0 fully saturated rings.